The second kappa shape index (κ2) is 4.64. The number of piperidine rings is 1. The number of aliphatic imine (C=N–C) groups is 1. The first-order valence-electron chi connectivity index (χ1n) is 5.10. The fraction of sp³-hybridized carbons (Fsp3) is 0.900. The Morgan fingerprint density at radius 3 is 2.36 bits per heavy atom. The van der Waals surface area contributed by atoms with Crippen LogP contribution in [0.15, 0.2) is 4.99 Å². The molecule has 1 aliphatic rings. The van der Waals surface area contributed by atoms with Gasteiger partial charge < -0.3 is 15.0 Å². The predicted octanol–water partition coefficient (Wildman–Crippen LogP) is 0.692. The summed E-state index contributed by atoms with van der Waals surface area (Å²) in [7, 11) is 5.52. The third-order valence-corrected chi connectivity index (χ3v) is 3.05. The SMILES string of the molecule is CN=C(NC)N1CCC(C)(OC)CC1. The number of likely N-dealkylation sites (tertiary alicyclic amines) is 1. The van der Waals surface area contributed by atoms with Crippen LogP contribution in [0.25, 0.3) is 0 Å². The van der Waals surface area contributed by atoms with E-state index in [1.807, 2.05) is 14.1 Å². The smallest absolute Gasteiger partial charge is 0.193 e. The minimum absolute atomic E-state index is 0.0586. The zero-order valence-electron chi connectivity index (χ0n) is 9.63. The van der Waals surface area contributed by atoms with Crippen molar-refractivity contribution >= 4 is 5.96 Å². The summed E-state index contributed by atoms with van der Waals surface area (Å²) < 4.78 is 5.49. The Morgan fingerprint density at radius 1 is 1.43 bits per heavy atom. The van der Waals surface area contributed by atoms with Crippen LogP contribution in [0.2, 0.25) is 0 Å². The van der Waals surface area contributed by atoms with E-state index in [2.05, 4.69) is 22.1 Å². The van der Waals surface area contributed by atoms with Gasteiger partial charge in [-0.15, -0.1) is 0 Å². The Kier molecular flexibility index (Phi) is 3.75. The van der Waals surface area contributed by atoms with E-state index < -0.39 is 0 Å². The highest BCUT2D eigenvalue weighted by atomic mass is 16.5. The van der Waals surface area contributed by atoms with Crippen LogP contribution in [0, 0.1) is 0 Å². The molecule has 1 rings (SSSR count). The Bertz CT molecular complexity index is 207. The molecular formula is C10H21N3O. The fourth-order valence-electron chi connectivity index (χ4n) is 1.81. The molecule has 0 aromatic rings. The number of hydrogen-bond donors (Lipinski definition) is 1. The summed E-state index contributed by atoms with van der Waals surface area (Å²) in [5.74, 6) is 0.975. The molecule has 0 bridgehead atoms. The van der Waals surface area contributed by atoms with Crippen molar-refractivity contribution in [2.24, 2.45) is 4.99 Å². The van der Waals surface area contributed by atoms with E-state index in [0.29, 0.717) is 0 Å². The highest BCUT2D eigenvalue weighted by Gasteiger charge is 2.30. The molecule has 4 heteroatoms. The summed E-state index contributed by atoms with van der Waals surface area (Å²) in [4.78, 5) is 6.46. The predicted molar refractivity (Wildman–Crippen MR) is 58.6 cm³/mol. The molecule has 1 fully saturated rings. The molecule has 0 aromatic carbocycles. The molecule has 0 aromatic heterocycles. The minimum atomic E-state index is 0.0586. The molecule has 1 aliphatic heterocycles. The van der Waals surface area contributed by atoms with Crippen molar-refractivity contribution in [2.75, 3.05) is 34.3 Å². The first kappa shape index (κ1) is 11.3. The second-order valence-corrected chi connectivity index (χ2v) is 3.94. The summed E-state index contributed by atoms with van der Waals surface area (Å²) in [5, 5.41) is 3.10. The first-order chi connectivity index (χ1) is 6.65. The lowest BCUT2D eigenvalue weighted by Crippen LogP contribution is -2.49. The monoisotopic (exact) mass is 199 g/mol. The molecule has 0 amide bonds. The van der Waals surface area contributed by atoms with Crippen LogP contribution in [-0.4, -0.2) is 50.8 Å². The first-order valence-corrected chi connectivity index (χ1v) is 5.10. The number of methoxy groups -OCH3 is 1. The van der Waals surface area contributed by atoms with Gasteiger partial charge in [0.2, 0.25) is 0 Å². The fourth-order valence-corrected chi connectivity index (χ4v) is 1.81. The van der Waals surface area contributed by atoms with Gasteiger partial charge in [0.15, 0.2) is 5.96 Å². The van der Waals surface area contributed by atoms with E-state index in [9.17, 15) is 0 Å². The van der Waals surface area contributed by atoms with Crippen LogP contribution in [0.1, 0.15) is 19.8 Å². The van der Waals surface area contributed by atoms with E-state index in [1.165, 1.54) is 0 Å². The van der Waals surface area contributed by atoms with E-state index in [-0.39, 0.29) is 5.60 Å². The quantitative estimate of drug-likeness (QED) is 0.499. The zero-order chi connectivity index (χ0) is 10.6. The molecule has 82 valence electrons. The van der Waals surface area contributed by atoms with Crippen LogP contribution in [0.5, 0.6) is 0 Å². The summed E-state index contributed by atoms with van der Waals surface area (Å²) >= 11 is 0. The third kappa shape index (κ3) is 2.38. The molecule has 0 atom stereocenters. The van der Waals surface area contributed by atoms with Gasteiger partial charge in [-0.1, -0.05) is 0 Å². The number of rotatable bonds is 1. The molecule has 0 unspecified atom stereocenters. The van der Waals surface area contributed by atoms with Crippen LogP contribution < -0.4 is 5.32 Å². The van der Waals surface area contributed by atoms with Crippen molar-refractivity contribution in [1.82, 2.24) is 10.2 Å². The van der Waals surface area contributed by atoms with Gasteiger partial charge in [-0.2, -0.15) is 0 Å². The second-order valence-electron chi connectivity index (χ2n) is 3.94. The number of ether oxygens (including phenoxy) is 1. The summed E-state index contributed by atoms with van der Waals surface area (Å²) in [5.41, 5.74) is 0.0586. The zero-order valence-corrected chi connectivity index (χ0v) is 9.63. The number of hydrogen-bond acceptors (Lipinski definition) is 2. The molecule has 0 aliphatic carbocycles. The van der Waals surface area contributed by atoms with Crippen molar-refractivity contribution in [3.63, 3.8) is 0 Å². The summed E-state index contributed by atoms with van der Waals surface area (Å²) in [6.07, 6.45) is 2.12. The van der Waals surface area contributed by atoms with Crippen molar-refractivity contribution in [1.29, 1.82) is 0 Å². The molecule has 0 saturated carbocycles. The van der Waals surface area contributed by atoms with Gasteiger partial charge in [-0.25, -0.2) is 0 Å². The Morgan fingerprint density at radius 2 is 2.00 bits per heavy atom. The molecule has 0 radical (unpaired) electrons. The van der Waals surface area contributed by atoms with E-state index in [0.717, 1.165) is 31.9 Å². The maximum absolute atomic E-state index is 5.49. The van der Waals surface area contributed by atoms with Gasteiger partial charge >= 0.3 is 0 Å². The molecule has 4 nitrogen and oxygen atoms in total. The van der Waals surface area contributed by atoms with Crippen LogP contribution in [-0.2, 0) is 4.74 Å². The maximum Gasteiger partial charge on any atom is 0.193 e. The molecule has 0 spiro atoms. The van der Waals surface area contributed by atoms with Crippen molar-refractivity contribution in [2.45, 2.75) is 25.4 Å². The van der Waals surface area contributed by atoms with Crippen molar-refractivity contribution in [3.8, 4) is 0 Å². The minimum Gasteiger partial charge on any atom is -0.378 e. The average molecular weight is 199 g/mol. The van der Waals surface area contributed by atoms with Gasteiger partial charge in [0, 0.05) is 34.3 Å². The summed E-state index contributed by atoms with van der Waals surface area (Å²) in [6, 6.07) is 0. The normalized spacial score (nSPS) is 22.3. The highest BCUT2D eigenvalue weighted by Crippen LogP contribution is 2.24. The Balaban J connectivity index is 2.50. The van der Waals surface area contributed by atoms with Gasteiger partial charge in [0.25, 0.3) is 0 Å². The lowest BCUT2D eigenvalue weighted by molar-refractivity contribution is -0.0323. The topological polar surface area (TPSA) is 36.9 Å². The molecule has 14 heavy (non-hydrogen) atoms. The molecule has 1 N–H and O–H groups in total. The lowest BCUT2D eigenvalue weighted by Gasteiger charge is -2.39. The lowest BCUT2D eigenvalue weighted by atomic mass is 9.93. The Labute approximate surface area is 86.3 Å². The Hall–Kier alpha value is -0.770. The highest BCUT2D eigenvalue weighted by molar-refractivity contribution is 5.79. The number of nitrogens with zero attached hydrogens (tertiary/aromatic N) is 2. The van der Waals surface area contributed by atoms with Gasteiger partial charge in [0.05, 0.1) is 5.60 Å². The van der Waals surface area contributed by atoms with Crippen LogP contribution in [0.3, 0.4) is 0 Å². The maximum atomic E-state index is 5.49. The van der Waals surface area contributed by atoms with Gasteiger partial charge in [0.1, 0.15) is 0 Å². The van der Waals surface area contributed by atoms with Gasteiger partial charge in [-0.05, 0) is 19.8 Å². The largest absolute Gasteiger partial charge is 0.378 e. The summed E-state index contributed by atoms with van der Waals surface area (Å²) in [6.45, 7) is 4.20. The number of guanidine groups is 1. The van der Waals surface area contributed by atoms with E-state index >= 15 is 0 Å². The standard InChI is InChI=1S/C10H21N3O/c1-10(14-4)5-7-13(8-6-10)9(11-2)12-3/h5-8H2,1-4H3,(H,11,12). The van der Waals surface area contributed by atoms with Crippen LogP contribution in [0.4, 0.5) is 0 Å². The van der Waals surface area contributed by atoms with Crippen LogP contribution >= 0.6 is 0 Å². The molecule has 1 heterocycles. The van der Waals surface area contributed by atoms with E-state index in [1.54, 1.807) is 7.11 Å². The third-order valence-electron chi connectivity index (χ3n) is 3.05. The molecular weight excluding hydrogens is 178 g/mol. The number of nitrogens with one attached hydrogen (secondary N) is 1. The van der Waals surface area contributed by atoms with Crippen molar-refractivity contribution < 1.29 is 4.74 Å². The molecule has 1 saturated heterocycles. The van der Waals surface area contributed by atoms with Crippen molar-refractivity contribution in [3.05, 3.63) is 0 Å². The van der Waals surface area contributed by atoms with Gasteiger partial charge in [-0.3, -0.25) is 4.99 Å². The van der Waals surface area contributed by atoms with E-state index in [4.69, 9.17) is 4.74 Å². The average Bonchev–Trinajstić information content (AvgIpc) is 2.23.